The van der Waals surface area contributed by atoms with Crippen molar-refractivity contribution in [1.82, 2.24) is 5.48 Å². The molecule has 0 aliphatic rings. The summed E-state index contributed by atoms with van der Waals surface area (Å²) in [4.78, 5) is 20.7. The van der Waals surface area contributed by atoms with Crippen LogP contribution in [0.2, 0.25) is 0 Å². The molecule has 0 spiro atoms. The van der Waals surface area contributed by atoms with Gasteiger partial charge in [-0.15, -0.1) is 0 Å². The third-order valence-electron chi connectivity index (χ3n) is 3.06. The van der Waals surface area contributed by atoms with Crippen LogP contribution in [0.5, 0.6) is 0 Å². The van der Waals surface area contributed by atoms with Crippen LogP contribution in [0.25, 0.3) is 6.08 Å². The maximum Gasteiger partial charge on any atom is 0.269 e. The molecule has 0 aliphatic carbocycles. The van der Waals surface area contributed by atoms with E-state index in [9.17, 15) is 23.3 Å². The third-order valence-corrected chi connectivity index (χ3v) is 4.46. The Balaban J connectivity index is 2.13. The molecule has 1 amide bonds. The van der Waals surface area contributed by atoms with E-state index in [0.717, 1.165) is 30.3 Å². The zero-order valence-corrected chi connectivity index (χ0v) is 13.4. The van der Waals surface area contributed by atoms with Crippen LogP contribution in [0.1, 0.15) is 5.56 Å². The van der Waals surface area contributed by atoms with Crippen LogP contribution in [0.15, 0.2) is 59.5 Å². The monoisotopic (exact) mass is 363 g/mol. The van der Waals surface area contributed by atoms with Crippen LogP contribution in [0.4, 0.5) is 11.4 Å². The van der Waals surface area contributed by atoms with E-state index in [1.54, 1.807) is 12.1 Å². The lowest BCUT2D eigenvalue weighted by atomic mass is 10.2. The number of nitro groups is 1. The zero-order chi connectivity index (χ0) is 18.4. The average molecular weight is 363 g/mol. The Morgan fingerprint density at radius 3 is 2.20 bits per heavy atom. The van der Waals surface area contributed by atoms with Crippen molar-refractivity contribution in [2.75, 3.05) is 4.72 Å². The molecule has 2 rings (SSSR count). The number of nitrogens with zero attached hydrogens (tertiary/aromatic N) is 1. The van der Waals surface area contributed by atoms with Crippen LogP contribution in [0, 0.1) is 10.1 Å². The number of nitro benzene ring substituents is 1. The van der Waals surface area contributed by atoms with Crippen molar-refractivity contribution in [3.8, 4) is 0 Å². The van der Waals surface area contributed by atoms with E-state index in [1.807, 2.05) is 0 Å². The summed E-state index contributed by atoms with van der Waals surface area (Å²) in [6.07, 6.45) is 2.54. The maximum atomic E-state index is 12.2. The summed E-state index contributed by atoms with van der Waals surface area (Å²) < 4.78 is 26.8. The predicted octanol–water partition coefficient (Wildman–Crippen LogP) is 1.91. The van der Waals surface area contributed by atoms with Gasteiger partial charge in [-0.2, -0.15) is 0 Å². The van der Waals surface area contributed by atoms with Gasteiger partial charge in [0.05, 0.1) is 9.82 Å². The van der Waals surface area contributed by atoms with Gasteiger partial charge in [-0.05, 0) is 35.9 Å². The highest BCUT2D eigenvalue weighted by atomic mass is 32.2. The lowest BCUT2D eigenvalue weighted by Gasteiger charge is -2.08. The minimum Gasteiger partial charge on any atom is -0.288 e. The number of hydrogen-bond acceptors (Lipinski definition) is 6. The van der Waals surface area contributed by atoms with Crippen molar-refractivity contribution in [2.24, 2.45) is 0 Å². The van der Waals surface area contributed by atoms with Crippen LogP contribution in [-0.2, 0) is 14.8 Å². The second-order valence-corrected chi connectivity index (χ2v) is 6.47. The number of hydrogen-bond donors (Lipinski definition) is 3. The first kappa shape index (κ1) is 18.1. The highest BCUT2D eigenvalue weighted by molar-refractivity contribution is 7.92. The number of non-ortho nitro benzene ring substituents is 1. The number of carbonyl (C=O) groups excluding carboxylic acids is 1. The normalized spacial score (nSPS) is 11.2. The number of sulfonamides is 1. The third kappa shape index (κ3) is 4.86. The number of amides is 1. The van der Waals surface area contributed by atoms with Crippen molar-refractivity contribution < 1.29 is 23.3 Å². The molecule has 0 bridgehead atoms. The van der Waals surface area contributed by atoms with E-state index >= 15 is 0 Å². The van der Waals surface area contributed by atoms with E-state index in [0.29, 0.717) is 5.56 Å². The fourth-order valence-electron chi connectivity index (χ4n) is 1.83. The summed E-state index contributed by atoms with van der Waals surface area (Å²) in [5.41, 5.74) is 2.13. The average Bonchev–Trinajstić information content (AvgIpc) is 2.60. The Hall–Kier alpha value is -3.24. The molecule has 0 atom stereocenters. The Morgan fingerprint density at radius 2 is 1.68 bits per heavy atom. The molecule has 0 saturated heterocycles. The van der Waals surface area contributed by atoms with Gasteiger partial charge in [-0.1, -0.05) is 12.1 Å². The van der Waals surface area contributed by atoms with Gasteiger partial charge < -0.3 is 0 Å². The fourth-order valence-corrected chi connectivity index (χ4v) is 2.89. The van der Waals surface area contributed by atoms with Gasteiger partial charge in [-0.3, -0.25) is 24.8 Å². The van der Waals surface area contributed by atoms with Crippen molar-refractivity contribution in [3.05, 3.63) is 70.3 Å². The number of benzene rings is 2. The molecule has 2 aromatic rings. The standard InChI is InChI=1S/C15H13N3O6S/c19-15(16-20)10-3-11-1-4-12(5-2-11)17-25(23,24)14-8-6-13(7-9-14)18(21)22/h1-10,17,20H,(H,16,19)/b10-3+. The van der Waals surface area contributed by atoms with Gasteiger partial charge in [0.1, 0.15) is 0 Å². The molecule has 0 aliphatic heterocycles. The Kier molecular flexibility index (Phi) is 5.47. The van der Waals surface area contributed by atoms with Gasteiger partial charge in [0.2, 0.25) is 0 Å². The Morgan fingerprint density at radius 1 is 1.08 bits per heavy atom. The molecule has 0 unspecified atom stereocenters. The lowest BCUT2D eigenvalue weighted by Crippen LogP contribution is -2.14. The Bertz CT molecular complexity index is 905. The summed E-state index contributed by atoms with van der Waals surface area (Å²) in [5.74, 6) is -0.692. The molecule has 0 saturated carbocycles. The molecule has 0 radical (unpaired) electrons. The van der Waals surface area contributed by atoms with Crippen LogP contribution in [-0.4, -0.2) is 24.5 Å². The summed E-state index contributed by atoms with van der Waals surface area (Å²) in [5, 5.41) is 19.0. The smallest absolute Gasteiger partial charge is 0.269 e. The molecular weight excluding hydrogens is 350 g/mol. The van der Waals surface area contributed by atoms with E-state index in [4.69, 9.17) is 5.21 Å². The van der Waals surface area contributed by atoms with Crippen molar-refractivity contribution in [1.29, 1.82) is 0 Å². The summed E-state index contributed by atoms with van der Waals surface area (Å²) in [7, 11) is -3.89. The highest BCUT2D eigenvalue weighted by Crippen LogP contribution is 2.19. The molecule has 9 nitrogen and oxygen atoms in total. The molecule has 0 aromatic heterocycles. The zero-order valence-electron chi connectivity index (χ0n) is 12.6. The molecule has 0 heterocycles. The fraction of sp³-hybridized carbons (Fsp3) is 0. The Labute approximate surface area is 142 Å². The first-order chi connectivity index (χ1) is 11.8. The van der Waals surface area contributed by atoms with Crippen molar-refractivity contribution in [2.45, 2.75) is 4.90 Å². The number of nitrogens with one attached hydrogen (secondary N) is 2. The second-order valence-electron chi connectivity index (χ2n) is 4.79. The van der Waals surface area contributed by atoms with E-state index in [1.165, 1.54) is 23.7 Å². The topological polar surface area (TPSA) is 139 Å². The van der Waals surface area contributed by atoms with Crippen molar-refractivity contribution in [3.63, 3.8) is 0 Å². The number of anilines is 1. The van der Waals surface area contributed by atoms with E-state index < -0.39 is 20.9 Å². The minimum absolute atomic E-state index is 0.110. The molecular formula is C15H13N3O6S. The van der Waals surface area contributed by atoms with Gasteiger partial charge in [0, 0.05) is 23.9 Å². The summed E-state index contributed by atoms with van der Waals surface area (Å²) >= 11 is 0. The van der Waals surface area contributed by atoms with Gasteiger partial charge >= 0.3 is 0 Å². The van der Waals surface area contributed by atoms with Crippen molar-refractivity contribution >= 4 is 33.4 Å². The van der Waals surface area contributed by atoms with Gasteiger partial charge in [0.15, 0.2) is 0 Å². The molecule has 25 heavy (non-hydrogen) atoms. The number of rotatable bonds is 6. The lowest BCUT2D eigenvalue weighted by molar-refractivity contribution is -0.384. The SMILES string of the molecule is O=C(/C=C/c1ccc(NS(=O)(=O)c2ccc([N+](=O)[O-])cc2)cc1)NO. The molecule has 0 fully saturated rings. The quantitative estimate of drug-likeness (QED) is 0.310. The summed E-state index contributed by atoms with van der Waals surface area (Å²) in [6, 6.07) is 10.6. The molecule has 2 aromatic carbocycles. The number of hydroxylamine groups is 1. The molecule has 10 heteroatoms. The van der Waals surface area contributed by atoms with Gasteiger partial charge in [0.25, 0.3) is 21.6 Å². The molecule has 3 N–H and O–H groups in total. The first-order valence-corrected chi connectivity index (χ1v) is 8.29. The van der Waals surface area contributed by atoms with Crippen LogP contribution >= 0.6 is 0 Å². The number of carbonyl (C=O) groups is 1. The summed E-state index contributed by atoms with van der Waals surface area (Å²) in [6.45, 7) is 0. The second kappa shape index (κ2) is 7.55. The van der Waals surface area contributed by atoms with Crippen LogP contribution < -0.4 is 10.2 Å². The minimum atomic E-state index is -3.89. The predicted molar refractivity (Wildman–Crippen MR) is 89.3 cm³/mol. The highest BCUT2D eigenvalue weighted by Gasteiger charge is 2.15. The van der Waals surface area contributed by atoms with E-state index in [2.05, 4.69) is 4.72 Å². The van der Waals surface area contributed by atoms with Crippen LogP contribution in [0.3, 0.4) is 0 Å². The maximum absolute atomic E-state index is 12.2. The first-order valence-electron chi connectivity index (χ1n) is 6.81. The largest absolute Gasteiger partial charge is 0.288 e. The molecule has 130 valence electrons. The van der Waals surface area contributed by atoms with E-state index in [-0.39, 0.29) is 16.3 Å². The van der Waals surface area contributed by atoms with Gasteiger partial charge in [-0.25, -0.2) is 13.9 Å².